The van der Waals surface area contributed by atoms with Crippen molar-refractivity contribution in [2.45, 2.75) is 102 Å². The van der Waals surface area contributed by atoms with Crippen LogP contribution in [0.1, 0.15) is 47.0 Å². The van der Waals surface area contributed by atoms with Gasteiger partial charge in [-0.1, -0.05) is 63.3 Å². The number of fused-ring (bicyclic) bond motifs is 1. The van der Waals surface area contributed by atoms with Crippen LogP contribution in [0.2, 0.25) is 0 Å². The largest absolute Gasteiger partial charge is 0.478 e. The molecule has 0 unspecified atom stereocenters. The van der Waals surface area contributed by atoms with E-state index >= 15 is 0 Å². The van der Waals surface area contributed by atoms with Crippen molar-refractivity contribution >= 4 is 11.9 Å². The summed E-state index contributed by atoms with van der Waals surface area (Å²) in [6, 6.07) is 0. The van der Waals surface area contributed by atoms with Crippen LogP contribution in [0.3, 0.4) is 0 Å². The lowest BCUT2D eigenvalue weighted by atomic mass is 9.72. The number of carbonyl (C=O) groups is 2. The fourth-order valence-electron chi connectivity index (χ4n) is 5.84. The average Bonchev–Trinajstić information content (AvgIpc) is 2.95. The molecular weight excluding hydrogens is 562 g/mol. The van der Waals surface area contributed by atoms with Crippen LogP contribution in [0.5, 0.6) is 0 Å². The first-order valence-electron chi connectivity index (χ1n) is 14.5. The highest BCUT2D eigenvalue weighted by molar-refractivity contribution is 5.82. The first kappa shape index (κ1) is 35.1. The number of nitrogens with one attached hydrogen (secondary N) is 1. The molecule has 0 bridgehead atoms. The molecule has 3 saturated heterocycles. The summed E-state index contributed by atoms with van der Waals surface area (Å²) in [5, 5.41) is 33.3. The predicted octanol–water partition coefficient (Wildman–Crippen LogP) is 2.21. The Balaban J connectivity index is 1.71. The monoisotopic (exact) mass is 609 g/mol. The van der Waals surface area contributed by atoms with E-state index in [1.54, 1.807) is 31.4 Å². The van der Waals surface area contributed by atoms with Crippen LogP contribution in [0, 0.1) is 11.3 Å². The van der Waals surface area contributed by atoms with Gasteiger partial charge in [-0.2, -0.15) is 0 Å². The molecule has 12 heteroatoms. The summed E-state index contributed by atoms with van der Waals surface area (Å²) in [5.41, 5.74) is 0.207. The van der Waals surface area contributed by atoms with Crippen LogP contribution in [0.15, 0.2) is 48.6 Å². The van der Waals surface area contributed by atoms with Crippen LogP contribution in [-0.2, 0) is 38.0 Å². The van der Waals surface area contributed by atoms with Crippen LogP contribution in [0.25, 0.3) is 0 Å². The Morgan fingerprint density at radius 1 is 1.14 bits per heavy atom. The van der Waals surface area contributed by atoms with E-state index in [0.29, 0.717) is 6.42 Å². The highest BCUT2D eigenvalue weighted by Gasteiger charge is 2.57. The summed E-state index contributed by atoms with van der Waals surface area (Å²) in [4.78, 5) is 23.9. The van der Waals surface area contributed by atoms with Gasteiger partial charge in [-0.05, 0) is 13.3 Å². The maximum absolute atomic E-state index is 13.4. The SMILES string of the molecule is C=C1C[C@](OC)([C@H](O)C(=O)N[C@@H]2OCO[C@H]3[C@@H]2O[C@H](C[C@H](O)/C=C/C/C=C/C=C/C(=O)O)C(C)(C)[C@@H]3OC)O[C@H](C)[C@@H]1C. The highest BCUT2D eigenvalue weighted by Crippen LogP contribution is 2.44. The molecule has 0 saturated carbocycles. The molecule has 3 aliphatic rings. The van der Waals surface area contributed by atoms with Crippen molar-refractivity contribution in [3.05, 3.63) is 48.6 Å². The molecule has 3 aliphatic heterocycles. The second kappa shape index (κ2) is 15.0. The van der Waals surface area contributed by atoms with Crippen molar-refractivity contribution in [1.82, 2.24) is 5.32 Å². The quantitative estimate of drug-likeness (QED) is 0.146. The van der Waals surface area contributed by atoms with Crippen molar-refractivity contribution in [2.24, 2.45) is 11.3 Å². The first-order valence-corrected chi connectivity index (χ1v) is 14.5. The number of methoxy groups -OCH3 is 2. The number of hydrogen-bond donors (Lipinski definition) is 4. The van der Waals surface area contributed by atoms with E-state index in [1.807, 2.05) is 27.7 Å². The number of carboxylic acids is 1. The van der Waals surface area contributed by atoms with Gasteiger partial charge in [-0.15, -0.1) is 0 Å². The topological polar surface area (TPSA) is 162 Å². The number of rotatable bonds is 12. The summed E-state index contributed by atoms with van der Waals surface area (Å²) < 4.78 is 35.5. The van der Waals surface area contributed by atoms with E-state index in [0.717, 1.165) is 11.6 Å². The van der Waals surface area contributed by atoms with E-state index in [-0.39, 0.29) is 31.7 Å². The molecule has 43 heavy (non-hydrogen) atoms. The van der Waals surface area contributed by atoms with Gasteiger partial charge in [0.05, 0.1) is 24.4 Å². The summed E-state index contributed by atoms with van der Waals surface area (Å²) in [5.74, 6) is -3.37. The van der Waals surface area contributed by atoms with Crippen molar-refractivity contribution in [3.8, 4) is 0 Å². The van der Waals surface area contributed by atoms with E-state index in [9.17, 15) is 19.8 Å². The van der Waals surface area contributed by atoms with E-state index in [1.165, 1.54) is 13.2 Å². The Hall–Kier alpha value is -2.42. The number of allylic oxidation sites excluding steroid dienone is 4. The zero-order valence-corrected chi connectivity index (χ0v) is 25.8. The molecule has 1 amide bonds. The molecule has 0 radical (unpaired) electrons. The minimum atomic E-state index is -1.69. The maximum atomic E-state index is 13.4. The van der Waals surface area contributed by atoms with Gasteiger partial charge in [0.25, 0.3) is 5.91 Å². The number of carboxylic acid groups (broad SMARTS) is 1. The molecule has 12 nitrogen and oxygen atoms in total. The highest BCUT2D eigenvalue weighted by atomic mass is 16.7. The molecule has 0 aliphatic carbocycles. The fourth-order valence-corrected chi connectivity index (χ4v) is 5.84. The Morgan fingerprint density at radius 3 is 2.49 bits per heavy atom. The van der Waals surface area contributed by atoms with Crippen molar-refractivity contribution < 1.29 is 53.3 Å². The summed E-state index contributed by atoms with van der Waals surface area (Å²) in [6.07, 6.45) is 3.81. The van der Waals surface area contributed by atoms with Crippen LogP contribution >= 0.6 is 0 Å². The number of amides is 1. The number of carbonyl (C=O) groups excluding carboxylic acids is 1. The third-order valence-corrected chi connectivity index (χ3v) is 8.64. The predicted molar refractivity (Wildman–Crippen MR) is 156 cm³/mol. The van der Waals surface area contributed by atoms with Gasteiger partial charge >= 0.3 is 5.97 Å². The third kappa shape index (κ3) is 8.20. The fraction of sp³-hybridized carbons (Fsp3) is 0.677. The Bertz CT molecular complexity index is 1070. The summed E-state index contributed by atoms with van der Waals surface area (Å²) in [6.45, 7) is 11.7. The molecular formula is C31H47NO11. The Morgan fingerprint density at radius 2 is 1.86 bits per heavy atom. The van der Waals surface area contributed by atoms with Crippen LogP contribution in [0.4, 0.5) is 0 Å². The Kier molecular flexibility index (Phi) is 12.3. The molecule has 4 N–H and O–H groups in total. The van der Waals surface area contributed by atoms with E-state index in [4.69, 9.17) is 33.5 Å². The van der Waals surface area contributed by atoms with E-state index in [2.05, 4.69) is 11.9 Å². The minimum absolute atomic E-state index is 0.0302. The normalized spacial score (nSPS) is 36.1. The van der Waals surface area contributed by atoms with Gasteiger partial charge in [0.1, 0.15) is 19.0 Å². The lowest BCUT2D eigenvalue weighted by molar-refractivity contribution is -0.332. The zero-order chi connectivity index (χ0) is 31.9. The molecule has 3 rings (SSSR count). The van der Waals surface area contributed by atoms with Crippen molar-refractivity contribution in [2.75, 3.05) is 21.0 Å². The number of ether oxygens (including phenoxy) is 6. The van der Waals surface area contributed by atoms with Gasteiger partial charge in [0.15, 0.2) is 12.3 Å². The first-order chi connectivity index (χ1) is 20.3. The van der Waals surface area contributed by atoms with Crippen molar-refractivity contribution in [3.63, 3.8) is 0 Å². The average molecular weight is 610 g/mol. The minimum Gasteiger partial charge on any atom is -0.478 e. The molecule has 10 atom stereocenters. The molecule has 0 aromatic heterocycles. The lowest BCUT2D eigenvalue weighted by Gasteiger charge is -2.54. The Labute approximate surface area is 253 Å². The van der Waals surface area contributed by atoms with E-state index < -0.39 is 65.9 Å². The van der Waals surface area contributed by atoms with Gasteiger partial charge in [0, 0.05) is 44.5 Å². The third-order valence-electron chi connectivity index (χ3n) is 8.64. The second-order valence-corrected chi connectivity index (χ2v) is 11.9. The maximum Gasteiger partial charge on any atom is 0.328 e. The van der Waals surface area contributed by atoms with Gasteiger partial charge in [0.2, 0.25) is 5.79 Å². The van der Waals surface area contributed by atoms with Gasteiger partial charge in [-0.3, -0.25) is 4.79 Å². The smallest absolute Gasteiger partial charge is 0.328 e. The number of aliphatic carboxylic acids is 1. The second-order valence-electron chi connectivity index (χ2n) is 11.9. The molecule has 0 spiro atoms. The number of aliphatic hydroxyl groups excluding tert-OH is 2. The summed E-state index contributed by atoms with van der Waals surface area (Å²) in [7, 11) is 2.95. The van der Waals surface area contributed by atoms with Gasteiger partial charge in [-0.25, -0.2) is 4.79 Å². The molecule has 0 aromatic rings. The lowest BCUT2D eigenvalue weighted by Crippen LogP contribution is -2.69. The standard InChI is InChI=1S/C31H47NO11/c1-18-16-31(39-7,43-20(3)19(18)2)26(36)28(37)32-29-25-24(40-17-41-29)27(38-6)30(4,5)22(42-25)15-21(33)13-11-9-8-10-12-14-23(34)35/h8,10-14,19-22,24-27,29,33,36H,1,9,15-17H2,2-7H3,(H,32,37)(H,34,35)/b10-8+,13-11+,14-12+/t19-,20-,21-,22-,24+,25+,26-,27-,29-,31-/m1/s1. The zero-order valence-electron chi connectivity index (χ0n) is 25.8. The molecule has 3 fully saturated rings. The van der Waals surface area contributed by atoms with Crippen LogP contribution in [-0.4, -0.2) is 103 Å². The van der Waals surface area contributed by atoms with Crippen molar-refractivity contribution in [1.29, 1.82) is 0 Å². The molecule has 242 valence electrons. The van der Waals surface area contributed by atoms with Crippen LogP contribution < -0.4 is 5.32 Å². The molecule has 0 aromatic carbocycles. The summed E-state index contributed by atoms with van der Waals surface area (Å²) >= 11 is 0. The number of aliphatic hydroxyl groups is 2. The number of hydrogen-bond acceptors (Lipinski definition) is 10. The van der Waals surface area contributed by atoms with Gasteiger partial charge < -0.3 is 49.1 Å². The molecule has 3 heterocycles.